The molecule has 5 rings (SSSR count). The average Bonchev–Trinajstić information content (AvgIpc) is 3.51. The largest absolute Gasteiger partial charge is 0.493 e. The normalized spacial score (nSPS) is 28.9. The maximum atomic E-state index is 12.3. The van der Waals surface area contributed by atoms with Crippen LogP contribution in [0.5, 0.6) is 5.75 Å². The minimum Gasteiger partial charge on any atom is -0.493 e. The number of rotatable bonds is 7. The van der Waals surface area contributed by atoms with Gasteiger partial charge in [-0.05, 0) is 101 Å². The number of likely N-dealkylation sites (tertiary alicyclic amines) is 1. The molecule has 1 aromatic rings. The standard InChI is InChI=1S/C27H40N2O3/c30-27(19-23-3-2-17-31-23)28-22-8-6-20(7-9-22)10-14-29-15-11-21(12-16-29)24-4-1-5-26-25(24)13-18-32-26/h1,4-5,20-23H,2-3,6-19H2,(H,28,30)/t20?,22?,23-/m1/s1. The van der Waals surface area contributed by atoms with E-state index >= 15 is 0 Å². The number of hydrogen-bond acceptors (Lipinski definition) is 4. The van der Waals surface area contributed by atoms with Crippen LogP contribution in [0, 0.1) is 5.92 Å². The van der Waals surface area contributed by atoms with Crippen molar-refractivity contribution >= 4 is 5.91 Å². The minimum atomic E-state index is 0.159. The first-order chi connectivity index (χ1) is 15.7. The molecule has 5 heteroatoms. The highest BCUT2D eigenvalue weighted by Crippen LogP contribution is 2.37. The van der Waals surface area contributed by atoms with E-state index in [1.807, 2.05) is 0 Å². The monoisotopic (exact) mass is 440 g/mol. The van der Waals surface area contributed by atoms with E-state index in [1.165, 1.54) is 57.3 Å². The van der Waals surface area contributed by atoms with Gasteiger partial charge in [0.2, 0.25) is 5.91 Å². The van der Waals surface area contributed by atoms with E-state index in [1.54, 1.807) is 5.56 Å². The molecule has 1 aromatic carbocycles. The average molecular weight is 441 g/mol. The quantitative estimate of drug-likeness (QED) is 0.681. The summed E-state index contributed by atoms with van der Waals surface area (Å²) in [5.41, 5.74) is 3.03. The lowest BCUT2D eigenvalue weighted by Gasteiger charge is -2.35. The second kappa shape index (κ2) is 10.6. The zero-order chi connectivity index (χ0) is 21.8. The third-order valence-electron chi connectivity index (χ3n) is 8.31. The maximum Gasteiger partial charge on any atom is 0.222 e. The Balaban J connectivity index is 0.988. The molecule has 2 saturated heterocycles. The summed E-state index contributed by atoms with van der Waals surface area (Å²) in [5, 5.41) is 3.27. The zero-order valence-electron chi connectivity index (χ0n) is 19.5. The second-order valence-corrected chi connectivity index (χ2v) is 10.5. The van der Waals surface area contributed by atoms with Gasteiger partial charge in [0, 0.05) is 24.6 Å². The highest BCUT2D eigenvalue weighted by molar-refractivity contribution is 5.76. The molecule has 0 aromatic heterocycles. The number of hydrogen-bond donors (Lipinski definition) is 1. The molecule has 1 N–H and O–H groups in total. The fraction of sp³-hybridized carbons (Fsp3) is 0.741. The van der Waals surface area contributed by atoms with Crippen LogP contribution in [0.3, 0.4) is 0 Å². The molecule has 0 bridgehead atoms. The van der Waals surface area contributed by atoms with Crippen LogP contribution in [0.2, 0.25) is 0 Å². The summed E-state index contributed by atoms with van der Waals surface area (Å²) >= 11 is 0. The Bertz CT molecular complexity index is 760. The molecule has 1 aliphatic carbocycles. The summed E-state index contributed by atoms with van der Waals surface area (Å²) in [6.07, 6.45) is 12.6. The summed E-state index contributed by atoms with van der Waals surface area (Å²) < 4.78 is 11.4. The van der Waals surface area contributed by atoms with Gasteiger partial charge in [0.15, 0.2) is 0 Å². The van der Waals surface area contributed by atoms with Gasteiger partial charge in [-0.1, -0.05) is 12.1 Å². The first-order valence-corrected chi connectivity index (χ1v) is 13.1. The Labute approximate surface area is 193 Å². The van der Waals surface area contributed by atoms with E-state index in [2.05, 4.69) is 28.4 Å². The number of nitrogens with one attached hydrogen (secondary N) is 1. The molecule has 5 nitrogen and oxygen atoms in total. The molecule has 0 radical (unpaired) electrons. The van der Waals surface area contributed by atoms with E-state index in [0.29, 0.717) is 18.4 Å². The lowest BCUT2D eigenvalue weighted by atomic mass is 9.83. The molecule has 3 fully saturated rings. The van der Waals surface area contributed by atoms with Crippen molar-refractivity contribution in [1.29, 1.82) is 0 Å². The minimum absolute atomic E-state index is 0.159. The number of fused-ring (bicyclic) bond motifs is 1. The van der Waals surface area contributed by atoms with Gasteiger partial charge in [0.05, 0.1) is 19.1 Å². The second-order valence-electron chi connectivity index (χ2n) is 10.5. The number of piperidine rings is 1. The Morgan fingerprint density at radius 1 is 1.03 bits per heavy atom. The fourth-order valence-electron chi connectivity index (χ4n) is 6.36. The van der Waals surface area contributed by atoms with Gasteiger partial charge < -0.3 is 19.7 Å². The van der Waals surface area contributed by atoms with Gasteiger partial charge in [0.25, 0.3) is 0 Å². The van der Waals surface area contributed by atoms with Crippen LogP contribution >= 0.6 is 0 Å². The molecular weight excluding hydrogens is 400 g/mol. The van der Waals surface area contributed by atoms with E-state index < -0.39 is 0 Å². The number of amides is 1. The first kappa shape index (κ1) is 22.2. The van der Waals surface area contributed by atoms with E-state index in [0.717, 1.165) is 57.0 Å². The lowest BCUT2D eigenvalue weighted by Crippen LogP contribution is -2.39. The summed E-state index contributed by atoms with van der Waals surface area (Å²) in [6.45, 7) is 5.37. The summed E-state index contributed by atoms with van der Waals surface area (Å²) in [4.78, 5) is 15.0. The molecule has 0 spiro atoms. The predicted octanol–water partition coefficient (Wildman–Crippen LogP) is 4.44. The highest BCUT2D eigenvalue weighted by atomic mass is 16.5. The van der Waals surface area contributed by atoms with Crippen molar-refractivity contribution in [2.45, 2.75) is 88.7 Å². The van der Waals surface area contributed by atoms with Crippen LogP contribution in [0.4, 0.5) is 0 Å². The summed E-state index contributed by atoms with van der Waals surface area (Å²) in [6, 6.07) is 7.02. The van der Waals surface area contributed by atoms with Gasteiger partial charge >= 0.3 is 0 Å². The smallest absolute Gasteiger partial charge is 0.222 e. The highest BCUT2D eigenvalue weighted by Gasteiger charge is 2.28. The van der Waals surface area contributed by atoms with Gasteiger partial charge in [-0.3, -0.25) is 4.79 Å². The van der Waals surface area contributed by atoms with Crippen molar-refractivity contribution in [3.8, 4) is 5.75 Å². The maximum absolute atomic E-state index is 12.3. The van der Waals surface area contributed by atoms with Crippen LogP contribution in [-0.4, -0.2) is 55.8 Å². The van der Waals surface area contributed by atoms with Crippen molar-refractivity contribution in [1.82, 2.24) is 10.2 Å². The van der Waals surface area contributed by atoms with Gasteiger partial charge in [-0.15, -0.1) is 0 Å². The molecule has 3 aliphatic heterocycles. The summed E-state index contributed by atoms with van der Waals surface area (Å²) in [5.74, 6) is 2.85. The van der Waals surface area contributed by atoms with Gasteiger partial charge in [-0.2, -0.15) is 0 Å². The van der Waals surface area contributed by atoms with Crippen LogP contribution in [0.25, 0.3) is 0 Å². The molecule has 1 saturated carbocycles. The van der Waals surface area contributed by atoms with E-state index in [4.69, 9.17) is 9.47 Å². The van der Waals surface area contributed by atoms with Crippen LogP contribution in [-0.2, 0) is 16.0 Å². The molecule has 3 heterocycles. The molecule has 0 unspecified atom stereocenters. The van der Waals surface area contributed by atoms with E-state index in [-0.39, 0.29) is 12.0 Å². The Morgan fingerprint density at radius 2 is 1.88 bits per heavy atom. The number of benzene rings is 1. The van der Waals surface area contributed by atoms with Crippen molar-refractivity contribution in [3.05, 3.63) is 29.3 Å². The molecule has 32 heavy (non-hydrogen) atoms. The molecular formula is C27H40N2O3. The zero-order valence-corrected chi connectivity index (χ0v) is 19.5. The Morgan fingerprint density at radius 3 is 2.66 bits per heavy atom. The van der Waals surface area contributed by atoms with Gasteiger partial charge in [0.1, 0.15) is 5.75 Å². The van der Waals surface area contributed by atoms with Crippen LogP contribution in [0.15, 0.2) is 18.2 Å². The van der Waals surface area contributed by atoms with Crippen molar-refractivity contribution < 1.29 is 14.3 Å². The number of carbonyl (C=O) groups is 1. The van der Waals surface area contributed by atoms with Crippen molar-refractivity contribution in [3.63, 3.8) is 0 Å². The van der Waals surface area contributed by atoms with Crippen LogP contribution < -0.4 is 10.1 Å². The Hall–Kier alpha value is -1.59. The third-order valence-corrected chi connectivity index (χ3v) is 8.31. The number of ether oxygens (including phenoxy) is 2. The third kappa shape index (κ3) is 5.48. The fourth-order valence-corrected chi connectivity index (χ4v) is 6.36. The van der Waals surface area contributed by atoms with Crippen molar-refractivity contribution in [2.75, 3.05) is 32.8 Å². The molecule has 176 valence electrons. The lowest BCUT2D eigenvalue weighted by molar-refractivity contribution is -0.124. The van der Waals surface area contributed by atoms with Gasteiger partial charge in [-0.25, -0.2) is 0 Å². The number of carbonyl (C=O) groups excluding carboxylic acids is 1. The first-order valence-electron chi connectivity index (χ1n) is 13.1. The SMILES string of the molecule is O=C(C[C@H]1CCCO1)NC1CCC(CCN2CCC(c3cccc4c3CCO4)CC2)CC1. The Kier molecular flexibility index (Phi) is 7.33. The topological polar surface area (TPSA) is 50.8 Å². The summed E-state index contributed by atoms with van der Waals surface area (Å²) in [7, 11) is 0. The molecule has 1 atom stereocenters. The predicted molar refractivity (Wildman–Crippen MR) is 126 cm³/mol. The van der Waals surface area contributed by atoms with Crippen LogP contribution in [0.1, 0.15) is 81.3 Å². The molecule has 1 amide bonds. The van der Waals surface area contributed by atoms with E-state index in [9.17, 15) is 4.79 Å². The number of nitrogens with zero attached hydrogens (tertiary/aromatic N) is 1. The van der Waals surface area contributed by atoms with Crippen molar-refractivity contribution in [2.24, 2.45) is 5.92 Å². The molecule has 4 aliphatic rings.